The Morgan fingerprint density at radius 3 is 3.06 bits per heavy atom. The Balaban J connectivity index is 1.77. The van der Waals surface area contributed by atoms with Gasteiger partial charge in [-0.05, 0) is 12.1 Å². The van der Waals surface area contributed by atoms with Gasteiger partial charge in [-0.2, -0.15) is 11.8 Å². The zero-order chi connectivity index (χ0) is 11.9. The molecule has 0 unspecified atom stereocenters. The molecule has 1 aliphatic heterocycles. The van der Waals surface area contributed by atoms with Crippen LogP contribution < -0.4 is 10.1 Å². The first-order valence-electron chi connectivity index (χ1n) is 5.93. The van der Waals surface area contributed by atoms with Gasteiger partial charge >= 0.3 is 0 Å². The van der Waals surface area contributed by atoms with E-state index < -0.39 is 0 Å². The summed E-state index contributed by atoms with van der Waals surface area (Å²) in [7, 11) is 1.67. The topological polar surface area (TPSA) is 37.4 Å². The summed E-state index contributed by atoms with van der Waals surface area (Å²) in [6, 6.07) is 3.80. The van der Waals surface area contributed by atoms with Crippen LogP contribution in [0.15, 0.2) is 18.3 Å². The van der Waals surface area contributed by atoms with Gasteiger partial charge in [-0.25, -0.2) is 4.98 Å². The molecule has 17 heavy (non-hydrogen) atoms. The van der Waals surface area contributed by atoms with Crippen LogP contribution in [0, 0.1) is 0 Å². The Labute approximate surface area is 107 Å². The number of nitrogens with one attached hydrogen (secondary N) is 1. The summed E-state index contributed by atoms with van der Waals surface area (Å²) in [4.78, 5) is 6.76. The molecule has 0 aliphatic carbocycles. The predicted molar refractivity (Wildman–Crippen MR) is 73.0 cm³/mol. The molecule has 1 fully saturated rings. The Morgan fingerprint density at radius 1 is 1.47 bits per heavy atom. The SMILES string of the molecule is COc1cccnc1NCCN1CCSCC1. The van der Waals surface area contributed by atoms with Gasteiger partial charge in [-0.15, -0.1) is 0 Å². The van der Waals surface area contributed by atoms with Gasteiger partial charge in [-0.3, -0.25) is 4.90 Å². The number of aromatic nitrogens is 1. The number of hydrogen-bond acceptors (Lipinski definition) is 5. The van der Waals surface area contributed by atoms with Crippen LogP contribution in [-0.4, -0.2) is 54.7 Å². The third-order valence-electron chi connectivity index (χ3n) is 2.81. The number of hydrogen-bond donors (Lipinski definition) is 1. The van der Waals surface area contributed by atoms with Crippen LogP contribution in [0.2, 0.25) is 0 Å². The van der Waals surface area contributed by atoms with E-state index in [2.05, 4.69) is 15.2 Å². The predicted octanol–water partition coefficient (Wildman–Crippen LogP) is 1.55. The maximum absolute atomic E-state index is 5.25. The molecule has 2 rings (SSSR count). The highest BCUT2D eigenvalue weighted by molar-refractivity contribution is 7.99. The van der Waals surface area contributed by atoms with E-state index in [1.807, 2.05) is 23.9 Å². The molecular formula is C12H19N3OS. The molecule has 1 aromatic heterocycles. The van der Waals surface area contributed by atoms with E-state index in [0.717, 1.165) is 24.7 Å². The van der Waals surface area contributed by atoms with Gasteiger partial charge in [-0.1, -0.05) is 0 Å². The average molecular weight is 253 g/mol. The first-order chi connectivity index (χ1) is 8.40. The Morgan fingerprint density at radius 2 is 2.29 bits per heavy atom. The second-order valence-electron chi connectivity index (χ2n) is 3.94. The highest BCUT2D eigenvalue weighted by Crippen LogP contribution is 2.19. The van der Waals surface area contributed by atoms with E-state index in [1.54, 1.807) is 13.3 Å². The summed E-state index contributed by atoms with van der Waals surface area (Å²) < 4.78 is 5.25. The van der Waals surface area contributed by atoms with Crippen molar-refractivity contribution in [3.63, 3.8) is 0 Å². The monoisotopic (exact) mass is 253 g/mol. The lowest BCUT2D eigenvalue weighted by Crippen LogP contribution is -2.36. The highest BCUT2D eigenvalue weighted by Gasteiger charge is 2.10. The molecule has 1 N–H and O–H groups in total. The summed E-state index contributed by atoms with van der Waals surface area (Å²) in [5, 5.41) is 3.33. The second kappa shape index (κ2) is 6.71. The van der Waals surface area contributed by atoms with E-state index in [-0.39, 0.29) is 0 Å². The molecule has 94 valence electrons. The van der Waals surface area contributed by atoms with Gasteiger partial charge in [0.15, 0.2) is 11.6 Å². The molecule has 1 saturated heterocycles. The number of methoxy groups -OCH3 is 1. The molecule has 2 heterocycles. The van der Waals surface area contributed by atoms with E-state index >= 15 is 0 Å². The molecule has 0 amide bonds. The van der Waals surface area contributed by atoms with Crippen molar-refractivity contribution in [2.24, 2.45) is 0 Å². The number of nitrogens with zero attached hydrogens (tertiary/aromatic N) is 2. The molecule has 0 radical (unpaired) electrons. The van der Waals surface area contributed by atoms with E-state index in [9.17, 15) is 0 Å². The number of thioether (sulfide) groups is 1. The van der Waals surface area contributed by atoms with Gasteiger partial charge in [0.2, 0.25) is 0 Å². The number of anilines is 1. The van der Waals surface area contributed by atoms with Crippen LogP contribution in [0.5, 0.6) is 5.75 Å². The van der Waals surface area contributed by atoms with Crippen LogP contribution in [0.3, 0.4) is 0 Å². The first kappa shape index (κ1) is 12.5. The second-order valence-corrected chi connectivity index (χ2v) is 5.16. The summed E-state index contributed by atoms with van der Waals surface area (Å²) in [6.45, 7) is 4.38. The van der Waals surface area contributed by atoms with Crippen molar-refractivity contribution >= 4 is 17.6 Å². The molecule has 0 spiro atoms. The molecule has 5 heteroatoms. The summed E-state index contributed by atoms with van der Waals surface area (Å²) in [5.41, 5.74) is 0. The third-order valence-corrected chi connectivity index (χ3v) is 3.76. The average Bonchev–Trinajstić information content (AvgIpc) is 2.40. The lowest BCUT2D eigenvalue weighted by molar-refractivity contribution is 0.314. The van der Waals surface area contributed by atoms with Gasteiger partial charge in [0.25, 0.3) is 0 Å². The van der Waals surface area contributed by atoms with Gasteiger partial charge in [0.05, 0.1) is 7.11 Å². The molecule has 1 aliphatic rings. The van der Waals surface area contributed by atoms with E-state index in [4.69, 9.17) is 4.74 Å². The summed E-state index contributed by atoms with van der Waals surface area (Å²) >= 11 is 2.04. The standard InChI is InChI=1S/C12H19N3OS/c1-16-11-3-2-4-13-12(11)14-5-6-15-7-9-17-10-8-15/h2-4H,5-10H2,1H3,(H,13,14). The Hall–Kier alpha value is -0.940. The zero-order valence-electron chi connectivity index (χ0n) is 10.2. The number of pyridine rings is 1. The molecule has 1 aromatic rings. The lowest BCUT2D eigenvalue weighted by atomic mass is 10.4. The zero-order valence-corrected chi connectivity index (χ0v) is 11.0. The minimum absolute atomic E-state index is 0.807. The fraction of sp³-hybridized carbons (Fsp3) is 0.583. The number of ether oxygens (including phenoxy) is 1. The Bertz CT molecular complexity index is 342. The van der Waals surface area contributed by atoms with Crippen LogP contribution in [0.4, 0.5) is 5.82 Å². The maximum atomic E-state index is 5.25. The Kier molecular flexibility index (Phi) is 4.94. The van der Waals surface area contributed by atoms with Crippen molar-refractivity contribution in [1.29, 1.82) is 0 Å². The molecular weight excluding hydrogens is 234 g/mol. The van der Waals surface area contributed by atoms with E-state index in [0.29, 0.717) is 0 Å². The molecule has 0 bridgehead atoms. The van der Waals surface area contributed by atoms with Crippen molar-refractivity contribution in [1.82, 2.24) is 9.88 Å². The van der Waals surface area contributed by atoms with Gasteiger partial charge in [0, 0.05) is 43.9 Å². The molecule has 0 aromatic carbocycles. The summed E-state index contributed by atoms with van der Waals surface area (Å²) in [5.74, 6) is 4.16. The normalized spacial score (nSPS) is 16.8. The van der Waals surface area contributed by atoms with Crippen molar-refractivity contribution in [2.75, 3.05) is 50.1 Å². The highest BCUT2D eigenvalue weighted by atomic mass is 32.2. The quantitative estimate of drug-likeness (QED) is 0.862. The van der Waals surface area contributed by atoms with Gasteiger partial charge in [0.1, 0.15) is 0 Å². The largest absolute Gasteiger partial charge is 0.493 e. The fourth-order valence-electron chi connectivity index (χ4n) is 1.85. The van der Waals surface area contributed by atoms with Crippen LogP contribution in [-0.2, 0) is 0 Å². The number of rotatable bonds is 5. The van der Waals surface area contributed by atoms with Gasteiger partial charge < -0.3 is 10.1 Å². The van der Waals surface area contributed by atoms with E-state index in [1.165, 1.54) is 24.6 Å². The first-order valence-corrected chi connectivity index (χ1v) is 7.08. The molecule has 0 saturated carbocycles. The van der Waals surface area contributed by atoms with Crippen LogP contribution >= 0.6 is 11.8 Å². The van der Waals surface area contributed by atoms with Crippen molar-refractivity contribution in [2.45, 2.75) is 0 Å². The van der Waals surface area contributed by atoms with Crippen molar-refractivity contribution < 1.29 is 4.74 Å². The minimum atomic E-state index is 0.807. The lowest BCUT2D eigenvalue weighted by Gasteiger charge is -2.26. The fourth-order valence-corrected chi connectivity index (χ4v) is 2.82. The van der Waals surface area contributed by atoms with Crippen molar-refractivity contribution in [3.8, 4) is 5.75 Å². The third kappa shape index (κ3) is 3.78. The molecule has 0 atom stereocenters. The van der Waals surface area contributed by atoms with Crippen molar-refractivity contribution in [3.05, 3.63) is 18.3 Å². The van der Waals surface area contributed by atoms with Crippen LogP contribution in [0.25, 0.3) is 0 Å². The maximum Gasteiger partial charge on any atom is 0.168 e. The molecule has 4 nitrogen and oxygen atoms in total. The minimum Gasteiger partial charge on any atom is -0.493 e. The summed E-state index contributed by atoms with van der Waals surface area (Å²) in [6.07, 6.45) is 1.78. The van der Waals surface area contributed by atoms with Crippen LogP contribution in [0.1, 0.15) is 0 Å². The smallest absolute Gasteiger partial charge is 0.168 e.